The molecular weight excluding hydrogens is 328 g/mol. The molecule has 7 heteroatoms. The average Bonchev–Trinajstić information content (AvgIpc) is 2.88. The second kappa shape index (κ2) is 7.55. The molecule has 0 fully saturated rings. The first-order valence-corrected chi connectivity index (χ1v) is 8.04. The number of ketones is 1. The summed E-state index contributed by atoms with van der Waals surface area (Å²) in [5.74, 6) is -2.44. The Morgan fingerprint density at radius 1 is 1.24 bits per heavy atom. The molecule has 2 aromatic rings. The zero-order valence-corrected chi connectivity index (χ0v) is 14.6. The van der Waals surface area contributed by atoms with E-state index >= 15 is 0 Å². The number of benzene rings is 1. The van der Waals surface area contributed by atoms with E-state index in [0.29, 0.717) is 11.3 Å². The summed E-state index contributed by atoms with van der Waals surface area (Å²) in [6.07, 6.45) is 1.67. The molecule has 0 saturated heterocycles. The van der Waals surface area contributed by atoms with Crippen molar-refractivity contribution in [3.8, 4) is 5.69 Å². The highest BCUT2D eigenvalue weighted by atomic mass is 19.1. The van der Waals surface area contributed by atoms with E-state index in [4.69, 9.17) is 0 Å². The van der Waals surface area contributed by atoms with Crippen LogP contribution in [0.5, 0.6) is 0 Å². The molecule has 1 N–H and O–H groups in total. The molecule has 1 amide bonds. The van der Waals surface area contributed by atoms with Crippen LogP contribution in [0.25, 0.3) is 5.69 Å². The minimum Gasteiger partial charge on any atom is -0.343 e. The number of nitrogens with zero attached hydrogens (tertiary/aromatic N) is 2. The van der Waals surface area contributed by atoms with Crippen molar-refractivity contribution in [3.05, 3.63) is 47.3 Å². The highest BCUT2D eigenvalue weighted by Crippen LogP contribution is 2.22. The van der Waals surface area contributed by atoms with Crippen molar-refractivity contribution in [3.63, 3.8) is 0 Å². The summed E-state index contributed by atoms with van der Waals surface area (Å²) in [5.41, 5.74) is 1.35. The second-order valence-electron chi connectivity index (χ2n) is 6.41. The van der Waals surface area contributed by atoms with Crippen LogP contribution >= 0.6 is 0 Å². The summed E-state index contributed by atoms with van der Waals surface area (Å²) in [5, 5.41) is 6.75. The lowest BCUT2D eigenvalue weighted by molar-refractivity contribution is -0.138. The van der Waals surface area contributed by atoms with Crippen LogP contribution in [-0.2, 0) is 9.59 Å². The SMILES string of the molecule is Cc1c([C@H](C)NC(=O)C(=O)CC(C)C)cnn1-c1ccc(F)cc1F. The molecule has 1 atom stereocenters. The number of hydrogen-bond donors (Lipinski definition) is 1. The molecule has 0 radical (unpaired) electrons. The molecule has 1 aromatic carbocycles. The number of carbonyl (C=O) groups excluding carboxylic acids is 2. The van der Waals surface area contributed by atoms with Crippen molar-refractivity contribution in [2.75, 3.05) is 0 Å². The molecule has 134 valence electrons. The lowest BCUT2D eigenvalue weighted by Gasteiger charge is -2.14. The predicted molar refractivity (Wildman–Crippen MR) is 89.2 cm³/mol. The van der Waals surface area contributed by atoms with E-state index in [1.165, 1.54) is 16.9 Å². The van der Waals surface area contributed by atoms with Gasteiger partial charge in [-0.15, -0.1) is 0 Å². The summed E-state index contributed by atoms with van der Waals surface area (Å²) in [6.45, 7) is 7.15. The first-order chi connectivity index (χ1) is 11.7. The van der Waals surface area contributed by atoms with Gasteiger partial charge >= 0.3 is 0 Å². The Balaban J connectivity index is 2.20. The van der Waals surface area contributed by atoms with Crippen molar-refractivity contribution in [1.29, 1.82) is 0 Å². The van der Waals surface area contributed by atoms with Crippen molar-refractivity contribution < 1.29 is 18.4 Å². The Kier molecular flexibility index (Phi) is 5.66. The Bertz CT molecular complexity index is 800. The molecule has 0 spiro atoms. The Labute approximate surface area is 145 Å². The molecule has 0 aliphatic heterocycles. The zero-order valence-electron chi connectivity index (χ0n) is 14.6. The number of amides is 1. The van der Waals surface area contributed by atoms with Gasteiger partial charge in [0.25, 0.3) is 5.91 Å². The van der Waals surface area contributed by atoms with Crippen LogP contribution in [-0.4, -0.2) is 21.5 Å². The van der Waals surface area contributed by atoms with E-state index in [1.54, 1.807) is 13.8 Å². The minimum atomic E-state index is -0.735. The maximum Gasteiger partial charge on any atom is 0.287 e. The van der Waals surface area contributed by atoms with Crippen LogP contribution in [0.15, 0.2) is 24.4 Å². The third-order valence-corrected chi connectivity index (χ3v) is 3.85. The van der Waals surface area contributed by atoms with Crippen molar-refractivity contribution in [2.24, 2.45) is 5.92 Å². The van der Waals surface area contributed by atoms with Crippen LogP contribution in [0.1, 0.15) is 44.5 Å². The first-order valence-electron chi connectivity index (χ1n) is 8.04. The summed E-state index contributed by atoms with van der Waals surface area (Å²) in [4.78, 5) is 23.7. The van der Waals surface area contributed by atoms with Gasteiger partial charge in [0, 0.05) is 23.7 Å². The van der Waals surface area contributed by atoms with Gasteiger partial charge in [0.15, 0.2) is 5.82 Å². The Morgan fingerprint density at radius 2 is 1.92 bits per heavy atom. The molecule has 1 heterocycles. The van der Waals surface area contributed by atoms with Crippen LogP contribution in [0, 0.1) is 24.5 Å². The van der Waals surface area contributed by atoms with Crippen molar-refractivity contribution in [1.82, 2.24) is 15.1 Å². The third kappa shape index (κ3) is 4.29. The molecule has 0 saturated carbocycles. The van der Waals surface area contributed by atoms with Crippen LogP contribution in [0.3, 0.4) is 0 Å². The quantitative estimate of drug-likeness (QED) is 0.814. The van der Waals surface area contributed by atoms with Gasteiger partial charge in [-0.05, 0) is 31.9 Å². The number of Topliss-reactive ketones (excluding diaryl/α,β-unsaturated/α-hetero) is 1. The van der Waals surface area contributed by atoms with E-state index in [9.17, 15) is 18.4 Å². The standard InChI is InChI=1S/C18H21F2N3O2/c1-10(2)7-17(24)18(25)22-11(3)14-9-21-23(12(14)4)16-6-5-13(19)8-15(16)20/h5-6,8-11H,7H2,1-4H3,(H,22,25)/t11-/m0/s1. The van der Waals surface area contributed by atoms with Gasteiger partial charge in [0.1, 0.15) is 11.5 Å². The lowest BCUT2D eigenvalue weighted by atomic mass is 10.1. The first kappa shape index (κ1) is 18.8. The van der Waals surface area contributed by atoms with Gasteiger partial charge < -0.3 is 5.32 Å². The van der Waals surface area contributed by atoms with E-state index in [2.05, 4.69) is 10.4 Å². The largest absolute Gasteiger partial charge is 0.343 e. The maximum absolute atomic E-state index is 13.9. The van der Waals surface area contributed by atoms with Crippen molar-refractivity contribution in [2.45, 2.75) is 40.2 Å². The van der Waals surface area contributed by atoms with Crippen LogP contribution in [0.2, 0.25) is 0 Å². The topological polar surface area (TPSA) is 64.0 Å². The van der Waals surface area contributed by atoms with Gasteiger partial charge in [-0.2, -0.15) is 5.10 Å². The lowest BCUT2D eigenvalue weighted by Crippen LogP contribution is -2.33. The minimum absolute atomic E-state index is 0.0968. The van der Waals surface area contributed by atoms with Gasteiger partial charge in [-0.1, -0.05) is 13.8 Å². The van der Waals surface area contributed by atoms with Gasteiger partial charge in [0.2, 0.25) is 5.78 Å². The Hall–Kier alpha value is -2.57. The smallest absolute Gasteiger partial charge is 0.287 e. The number of nitrogens with one attached hydrogen (secondary N) is 1. The molecular formula is C18H21F2N3O2. The summed E-state index contributed by atoms with van der Waals surface area (Å²) in [6, 6.07) is 2.76. The van der Waals surface area contributed by atoms with E-state index in [-0.39, 0.29) is 18.0 Å². The molecule has 25 heavy (non-hydrogen) atoms. The number of halogens is 2. The summed E-state index contributed by atoms with van der Waals surface area (Å²) < 4.78 is 28.3. The highest BCUT2D eigenvalue weighted by Gasteiger charge is 2.21. The van der Waals surface area contributed by atoms with Crippen LogP contribution in [0.4, 0.5) is 8.78 Å². The van der Waals surface area contributed by atoms with Crippen molar-refractivity contribution >= 4 is 11.7 Å². The van der Waals surface area contributed by atoms with Gasteiger partial charge in [-0.25, -0.2) is 13.5 Å². The Morgan fingerprint density at radius 3 is 2.52 bits per heavy atom. The molecule has 1 aromatic heterocycles. The average molecular weight is 349 g/mol. The monoisotopic (exact) mass is 349 g/mol. The normalized spacial score (nSPS) is 12.3. The number of aromatic nitrogens is 2. The molecule has 0 aliphatic carbocycles. The van der Waals surface area contributed by atoms with Gasteiger partial charge in [0.05, 0.1) is 12.2 Å². The maximum atomic E-state index is 13.9. The van der Waals surface area contributed by atoms with E-state index in [0.717, 1.165) is 12.1 Å². The fourth-order valence-electron chi connectivity index (χ4n) is 2.56. The highest BCUT2D eigenvalue weighted by molar-refractivity contribution is 6.36. The van der Waals surface area contributed by atoms with E-state index < -0.39 is 29.4 Å². The zero-order chi connectivity index (χ0) is 18.7. The number of hydrogen-bond acceptors (Lipinski definition) is 3. The molecule has 2 rings (SSSR count). The third-order valence-electron chi connectivity index (χ3n) is 3.85. The second-order valence-corrected chi connectivity index (χ2v) is 6.41. The molecule has 0 aliphatic rings. The molecule has 0 unspecified atom stereocenters. The summed E-state index contributed by atoms with van der Waals surface area (Å²) >= 11 is 0. The molecule has 5 nitrogen and oxygen atoms in total. The fraction of sp³-hybridized carbons (Fsp3) is 0.389. The van der Waals surface area contributed by atoms with E-state index in [1.807, 2.05) is 13.8 Å². The van der Waals surface area contributed by atoms with Crippen LogP contribution < -0.4 is 5.32 Å². The fourth-order valence-corrected chi connectivity index (χ4v) is 2.56. The predicted octanol–water partition coefficient (Wildman–Crippen LogP) is 3.25. The number of rotatable bonds is 6. The number of carbonyl (C=O) groups is 2. The van der Waals surface area contributed by atoms with Gasteiger partial charge in [-0.3, -0.25) is 9.59 Å². The molecule has 0 bridgehead atoms. The summed E-state index contributed by atoms with van der Waals surface area (Å²) in [7, 11) is 0.